The van der Waals surface area contributed by atoms with Crippen LogP contribution < -0.4 is 5.32 Å². The van der Waals surface area contributed by atoms with Crippen molar-refractivity contribution < 1.29 is 4.42 Å². The lowest BCUT2D eigenvalue weighted by Gasteiger charge is -2.05. The molecule has 0 atom stereocenters. The van der Waals surface area contributed by atoms with Gasteiger partial charge in [0.2, 0.25) is 6.61 Å². The molecular formula is C10H13NO. The van der Waals surface area contributed by atoms with Gasteiger partial charge in [-0.2, -0.15) is 0 Å². The predicted octanol–water partition coefficient (Wildman–Crippen LogP) is 2.03. The summed E-state index contributed by atoms with van der Waals surface area (Å²) >= 11 is 0. The standard InChI is InChI=1S/C10H13NO/c1-3-12-8-11-10-6-4-9(2)5-7-10/h4-7,11H,3H2,1-2H3. The minimum Gasteiger partial charge on any atom is -0.440 e. The number of nitrogens with one attached hydrogen (secondary N) is 1. The maximum absolute atomic E-state index is 4.91. The summed E-state index contributed by atoms with van der Waals surface area (Å²) in [7, 11) is 0. The SMILES string of the molecule is CC[O+]=[C-]Nc1ccc(C)cc1. The summed E-state index contributed by atoms with van der Waals surface area (Å²) in [6, 6.07) is 8.05. The fourth-order valence-corrected chi connectivity index (χ4v) is 0.804. The fourth-order valence-electron chi connectivity index (χ4n) is 0.804. The molecule has 0 fully saturated rings. The monoisotopic (exact) mass is 163 g/mol. The Hall–Kier alpha value is -1.31. The van der Waals surface area contributed by atoms with E-state index >= 15 is 0 Å². The smallest absolute Gasteiger partial charge is 0.310 e. The first-order valence-electron chi connectivity index (χ1n) is 4.02. The average molecular weight is 163 g/mol. The maximum Gasteiger partial charge on any atom is 0.310 e. The van der Waals surface area contributed by atoms with E-state index in [4.69, 9.17) is 4.42 Å². The van der Waals surface area contributed by atoms with Gasteiger partial charge >= 0.3 is 6.41 Å². The number of amides is 1. The molecule has 0 aliphatic carbocycles. The third kappa shape index (κ3) is 2.74. The molecule has 1 amide bonds. The van der Waals surface area contributed by atoms with Crippen LogP contribution in [0.1, 0.15) is 12.5 Å². The van der Waals surface area contributed by atoms with E-state index in [0.717, 1.165) is 5.69 Å². The molecule has 0 aromatic heterocycles. The molecule has 0 unspecified atom stereocenters. The molecule has 2 heteroatoms. The van der Waals surface area contributed by atoms with Crippen LogP contribution in [0.4, 0.5) is 5.69 Å². The van der Waals surface area contributed by atoms with Crippen molar-refractivity contribution in [3.05, 3.63) is 29.8 Å². The van der Waals surface area contributed by atoms with Gasteiger partial charge in [-0.1, -0.05) is 17.7 Å². The molecule has 12 heavy (non-hydrogen) atoms. The molecule has 1 aromatic rings. The van der Waals surface area contributed by atoms with Gasteiger partial charge in [0.05, 0.1) is 0 Å². The zero-order chi connectivity index (χ0) is 8.81. The first-order valence-corrected chi connectivity index (χ1v) is 4.02. The van der Waals surface area contributed by atoms with Crippen molar-refractivity contribution in [2.24, 2.45) is 0 Å². The number of aryl methyl sites for hydroxylation is 1. The van der Waals surface area contributed by atoms with E-state index in [2.05, 4.69) is 18.7 Å². The molecule has 64 valence electrons. The quantitative estimate of drug-likeness (QED) is 0.400. The van der Waals surface area contributed by atoms with Crippen LogP contribution in [0.25, 0.3) is 0 Å². The van der Waals surface area contributed by atoms with E-state index in [1.54, 1.807) is 0 Å². The third-order valence-corrected chi connectivity index (χ3v) is 1.46. The van der Waals surface area contributed by atoms with E-state index in [-0.39, 0.29) is 0 Å². The molecule has 1 N–H and O–H groups in total. The molecular weight excluding hydrogens is 150 g/mol. The maximum atomic E-state index is 4.91. The van der Waals surface area contributed by atoms with E-state index in [1.165, 1.54) is 5.56 Å². The number of hydrogen-bond acceptors (Lipinski definition) is 0. The summed E-state index contributed by atoms with van der Waals surface area (Å²) in [5, 5.41) is 2.90. The Kier molecular flexibility index (Phi) is 3.33. The second-order valence-electron chi connectivity index (χ2n) is 2.53. The molecule has 2 nitrogen and oxygen atoms in total. The van der Waals surface area contributed by atoms with Crippen LogP contribution in [-0.2, 0) is 4.42 Å². The zero-order valence-corrected chi connectivity index (χ0v) is 7.42. The molecule has 0 aliphatic heterocycles. The van der Waals surface area contributed by atoms with Gasteiger partial charge in [0.25, 0.3) is 0 Å². The molecule has 0 radical (unpaired) electrons. The van der Waals surface area contributed by atoms with E-state index < -0.39 is 0 Å². The molecule has 1 aromatic carbocycles. The highest BCUT2D eigenvalue weighted by molar-refractivity contribution is 5.71. The Morgan fingerprint density at radius 1 is 1.33 bits per heavy atom. The van der Waals surface area contributed by atoms with Gasteiger partial charge in [-0.05, 0) is 6.92 Å². The number of rotatable bonds is 3. The van der Waals surface area contributed by atoms with Crippen LogP contribution in [0.3, 0.4) is 0 Å². The van der Waals surface area contributed by atoms with Crippen molar-refractivity contribution in [2.45, 2.75) is 13.8 Å². The summed E-state index contributed by atoms with van der Waals surface area (Å²) in [5.41, 5.74) is 2.24. The van der Waals surface area contributed by atoms with E-state index in [1.807, 2.05) is 31.2 Å². The Labute approximate surface area is 72.9 Å². The summed E-state index contributed by atoms with van der Waals surface area (Å²) in [6.45, 7) is 4.61. The summed E-state index contributed by atoms with van der Waals surface area (Å²) < 4.78 is 4.91. The van der Waals surface area contributed by atoms with Crippen molar-refractivity contribution >= 4 is 12.1 Å². The van der Waals surface area contributed by atoms with Crippen LogP contribution in [0.15, 0.2) is 24.3 Å². The molecule has 0 saturated carbocycles. The van der Waals surface area contributed by atoms with Crippen LogP contribution in [0.5, 0.6) is 0 Å². The Bertz CT molecular complexity index is 251. The Morgan fingerprint density at radius 2 is 2.00 bits per heavy atom. The Morgan fingerprint density at radius 3 is 2.58 bits per heavy atom. The van der Waals surface area contributed by atoms with E-state index in [9.17, 15) is 0 Å². The number of carbonyl (C=O) groups excluding carboxylic acids is 1. The topological polar surface area (TPSA) is 23.3 Å². The molecule has 0 spiro atoms. The van der Waals surface area contributed by atoms with Crippen LogP contribution in [0, 0.1) is 6.92 Å². The van der Waals surface area contributed by atoms with Crippen LogP contribution in [0.2, 0.25) is 0 Å². The minimum atomic E-state index is 0.638. The average Bonchev–Trinajstić information content (AvgIpc) is 2.09. The largest absolute Gasteiger partial charge is 0.440 e. The van der Waals surface area contributed by atoms with Gasteiger partial charge in [-0.3, -0.25) is 0 Å². The molecule has 0 aliphatic rings. The number of anilines is 1. The first kappa shape index (κ1) is 8.78. The molecule has 0 bridgehead atoms. The second-order valence-corrected chi connectivity index (χ2v) is 2.53. The van der Waals surface area contributed by atoms with E-state index in [0.29, 0.717) is 6.61 Å². The summed E-state index contributed by atoms with van der Waals surface area (Å²) in [4.78, 5) is 0. The minimum absolute atomic E-state index is 0.638. The Balaban J connectivity index is 2.53. The number of benzene rings is 1. The summed E-state index contributed by atoms with van der Waals surface area (Å²) in [6.07, 6.45) is 2.62. The summed E-state index contributed by atoms with van der Waals surface area (Å²) in [5.74, 6) is 0. The number of hydrogen-bond donors (Lipinski definition) is 1. The van der Waals surface area contributed by atoms with Gasteiger partial charge in [0.15, 0.2) is 0 Å². The molecule has 0 heterocycles. The van der Waals surface area contributed by atoms with Gasteiger partial charge < -0.3 is 9.74 Å². The fraction of sp³-hybridized carbons (Fsp3) is 0.300. The highest BCUT2D eigenvalue weighted by Crippen LogP contribution is 2.06. The van der Waals surface area contributed by atoms with Crippen molar-refractivity contribution in [1.82, 2.24) is 0 Å². The van der Waals surface area contributed by atoms with Crippen LogP contribution in [-0.4, -0.2) is 13.0 Å². The van der Waals surface area contributed by atoms with Gasteiger partial charge in [-0.25, -0.2) is 0 Å². The van der Waals surface area contributed by atoms with Crippen molar-refractivity contribution in [3.8, 4) is 0 Å². The molecule has 1 rings (SSSR count). The lowest BCUT2D eigenvalue weighted by Crippen LogP contribution is -1.96. The van der Waals surface area contributed by atoms with Crippen molar-refractivity contribution in [3.63, 3.8) is 0 Å². The first-order chi connectivity index (χ1) is 5.83. The van der Waals surface area contributed by atoms with Gasteiger partial charge in [0, 0.05) is 6.92 Å². The lowest BCUT2D eigenvalue weighted by atomic mass is 10.2. The predicted molar refractivity (Wildman–Crippen MR) is 51.0 cm³/mol. The third-order valence-electron chi connectivity index (χ3n) is 1.46. The highest BCUT2D eigenvalue weighted by Gasteiger charge is 1.81. The van der Waals surface area contributed by atoms with Crippen molar-refractivity contribution in [1.29, 1.82) is 0 Å². The van der Waals surface area contributed by atoms with Gasteiger partial charge in [-0.15, -0.1) is 17.8 Å². The zero-order valence-electron chi connectivity index (χ0n) is 7.42. The normalized spacial score (nSPS) is 10.5. The van der Waals surface area contributed by atoms with Crippen molar-refractivity contribution in [2.75, 3.05) is 11.9 Å². The van der Waals surface area contributed by atoms with Gasteiger partial charge in [0.1, 0.15) is 0 Å². The highest BCUT2D eigenvalue weighted by atomic mass is 16.4. The lowest BCUT2D eigenvalue weighted by molar-refractivity contribution is 0.123. The molecule has 0 saturated heterocycles. The second kappa shape index (κ2) is 4.54. The van der Waals surface area contributed by atoms with Crippen LogP contribution >= 0.6 is 0 Å².